The molecule has 1 fully saturated rings. The van der Waals surface area contributed by atoms with Crippen LogP contribution in [0.5, 0.6) is 0 Å². The molecule has 1 aromatic heterocycles. The van der Waals surface area contributed by atoms with E-state index in [0.29, 0.717) is 18.7 Å². The Morgan fingerprint density at radius 1 is 1.30 bits per heavy atom. The minimum absolute atomic E-state index is 0.0186. The van der Waals surface area contributed by atoms with E-state index in [1.807, 2.05) is 50.7 Å². The zero-order chi connectivity index (χ0) is 20.2. The maximum Gasteiger partial charge on any atom is 0.410 e. The van der Waals surface area contributed by atoms with Gasteiger partial charge >= 0.3 is 6.09 Å². The van der Waals surface area contributed by atoms with E-state index in [9.17, 15) is 9.59 Å². The van der Waals surface area contributed by atoms with Crippen LogP contribution in [0.25, 0.3) is 0 Å². The third kappa shape index (κ3) is 6.12. The second kappa shape index (κ2) is 8.59. The number of piperidine rings is 1. The van der Waals surface area contributed by atoms with Gasteiger partial charge in [-0.2, -0.15) is 0 Å². The minimum Gasteiger partial charge on any atom is -0.444 e. The van der Waals surface area contributed by atoms with Crippen LogP contribution < -0.4 is 4.90 Å². The van der Waals surface area contributed by atoms with E-state index in [0.717, 1.165) is 25.2 Å². The van der Waals surface area contributed by atoms with Crippen molar-refractivity contribution >= 4 is 17.8 Å². The van der Waals surface area contributed by atoms with Crippen molar-refractivity contribution in [3.8, 4) is 0 Å². The summed E-state index contributed by atoms with van der Waals surface area (Å²) < 4.78 is 5.42. The van der Waals surface area contributed by atoms with Gasteiger partial charge in [0.05, 0.1) is 0 Å². The van der Waals surface area contributed by atoms with E-state index in [1.165, 1.54) is 0 Å². The fraction of sp³-hybridized carbons (Fsp3) is 0.650. The largest absolute Gasteiger partial charge is 0.444 e. The van der Waals surface area contributed by atoms with E-state index >= 15 is 0 Å². The maximum atomic E-state index is 12.9. The highest BCUT2D eigenvalue weighted by Crippen LogP contribution is 2.21. The van der Waals surface area contributed by atoms with E-state index in [4.69, 9.17) is 4.74 Å². The molecule has 0 N–H and O–H groups in total. The zero-order valence-electron chi connectivity index (χ0n) is 17.4. The Morgan fingerprint density at radius 2 is 2.00 bits per heavy atom. The third-order valence-corrected chi connectivity index (χ3v) is 4.49. The molecule has 0 aliphatic carbocycles. The van der Waals surface area contributed by atoms with Gasteiger partial charge in [0.25, 0.3) is 5.91 Å². The van der Waals surface area contributed by atoms with Gasteiger partial charge < -0.3 is 19.4 Å². The zero-order valence-corrected chi connectivity index (χ0v) is 17.4. The fourth-order valence-corrected chi connectivity index (χ4v) is 3.18. The van der Waals surface area contributed by atoms with Crippen LogP contribution in [0.1, 0.15) is 44.0 Å². The number of pyridine rings is 1. The molecule has 0 unspecified atom stereocenters. The van der Waals surface area contributed by atoms with Crippen molar-refractivity contribution in [2.75, 3.05) is 45.7 Å². The summed E-state index contributed by atoms with van der Waals surface area (Å²) in [5.74, 6) is 1.03. The van der Waals surface area contributed by atoms with Gasteiger partial charge in [0.1, 0.15) is 11.4 Å². The fourth-order valence-electron chi connectivity index (χ4n) is 3.18. The van der Waals surface area contributed by atoms with Crippen molar-refractivity contribution in [2.24, 2.45) is 5.92 Å². The van der Waals surface area contributed by atoms with Crippen LogP contribution in [0.4, 0.5) is 10.6 Å². The van der Waals surface area contributed by atoms with Gasteiger partial charge in [0.2, 0.25) is 0 Å². The lowest BCUT2D eigenvalue weighted by Crippen LogP contribution is -2.45. The normalized spacial score (nSPS) is 17.4. The van der Waals surface area contributed by atoms with Crippen LogP contribution in [0, 0.1) is 5.92 Å². The molecule has 2 rings (SSSR count). The van der Waals surface area contributed by atoms with Crippen molar-refractivity contribution in [1.29, 1.82) is 0 Å². The lowest BCUT2D eigenvalue weighted by molar-refractivity contribution is 0.0244. The molecule has 0 bridgehead atoms. The number of rotatable bonds is 4. The van der Waals surface area contributed by atoms with Gasteiger partial charge in [-0.3, -0.25) is 4.79 Å². The van der Waals surface area contributed by atoms with Crippen molar-refractivity contribution in [2.45, 2.75) is 39.2 Å². The summed E-state index contributed by atoms with van der Waals surface area (Å²) in [6, 6.07) is 3.57. The molecule has 2 heterocycles. The highest BCUT2D eigenvalue weighted by atomic mass is 16.6. The molecule has 0 aromatic carbocycles. The molecule has 27 heavy (non-hydrogen) atoms. The van der Waals surface area contributed by atoms with Crippen molar-refractivity contribution in [1.82, 2.24) is 14.8 Å². The Labute approximate surface area is 162 Å². The predicted molar refractivity (Wildman–Crippen MR) is 106 cm³/mol. The van der Waals surface area contributed by atoms with Gasteiger partial charge in [-0.1, -0.05) is 0 Å². The van der Waals surface area contributed by atoms with E-state index < -0.39 is 5.60 Å². The number of hydrogen-bond acceptors (Lipinski definition) is 5. The number of ether oxygens (including phenoxy) is 1. The van der Waals surface area contributed by atoms with Gasteiger partial charge in [0, 0.05) is 52.5 Å². The van der Waals surface area contributed by atoms with E-state index in [-0.39, 0.29) is 17.9 Å². The third-order valence-electron chi connectivity index (χ3n) is 4.49. The first-order valence-corrected chi connectivity index (χ1v) is 9.43. The number of amides is 2. The average molecular weight is 377 g/mol. The van der Waals surface area contributed by atoms with Crippen molar-refractivity contribution in [3.05, 3.63) is 23.9 Å². The molecular formula is C20H32N4O3. The monoisotopic (exact) mass is 376 g/mol. The van der Waals surface area contributed by atoms with E-state index in [2.05, 4.69) is 4.98 Å². The quantitative estimate of drug-likeness (QED) is 0.808. The van der Waals surface area contributed by atoms with Crippen LogP contribution in [0.15, 0.2) is 18.3 Å². The van der Waals surface area contributed by atoms with Crippen molar-refractivity contribution in [3.63, 3.8) is 0 Å². The first-order valence-electron chi connectivity index (χ1n) is 9.43. The summed E-state index contributed by atoms with van der Waals surface area (Å²) in [4.78, 5) is 34.7. The summed E-state index contributed by atoms with van der Waals surface area (Å²) >= 11 is 0. The summed E-state index contributed by atoms with van der Waals surface area (Å²) in [6.45, 7) is 7.54. The smallest absolute Gasteiger partial charge is 0.410 e. The summed E-state index contributed by atoms with van der Waals surface area (Å²) in [7, 11) is 5.56. The van der Waals surface area contributed by atoms with E-state index in [1.54, 1.807) is 24.2 Å². The topological polar surface area (TPSA) is 66.0 Å². The minimum atomic E-state index is -0.509. The number of carbonyl (C=O) groups excluding carboxylic acids is 2. The van der Waals surface area contributed by atoms with Crippen LogP contribution >= 0.6 is 0 Å². The molecule has 0 radical (unpaired) electrons. The molecule has 7 heteroatoms. The second-order valence-electron chi connectivity index (χ2n) is 8.42. The first kappa shape index (κ1) is 21.0. The van der Waals surface area contributed by atoms with Crippen LogP contribution in [0.3, 0.4) is 0 Å². The highest BCUT2D eigenvalue weighted by molar-refractivity contribution is 5.94. The molecule has 1 aromatic rings. The SMILES string of the molecule is CN(C[C@@H]1CCCN(C(=O)c2ccnc(N(C)C)c2)C1)C(=O)OC(C)(C)C. The maximum absolute atomic E-state index is 12.9. The van der Waals surface area contributed by atoms with Crippen molar-refractivity contribution < 1.29 is 14.3 Å². The van der Waals surface area contributed by atoms with Gasteiger partial charge in [0.15, 0.2) is 0 Å². The van der Waals surface area contributed by atoms with Gasteiger partial charge in [-0.25, -0.2) is 9.78 Å². The number of aromatic nitrogens is 1. The number of anilines is 1. The molecule has 150 valence electrons. The Balaban J connectivity index is 1.98. The molecule has 7 nitrogen and oxygen atoms in total. The molecule has 1 atom stereocenters. The molecule has 1 saturated heterocycles. The Kier molecular flexibility index (Phi) is 6.68. The molecule has 0 spiro atoms. The number of carbonyl (C=O) groups is 2. The summed E-state index contributed by atoms with van der Waals surface area (Å²) in [5, 5.41) is 0. The molecular weight excluding hydrogens is 344 g/mol. The molecule has 0 saturated carbocycles. The van der Waals surface area contributed by atoms with Gasteiger partial charge in [-0.05, 0) is 51.7 Å². The Morgan fingerprint density at radius 3 is 2.63 bits per heavy atom. The van der Waals surface area contributed by atoms with Crippen LogP contribution in [-0.2, 0) is 4.74 Å². The van der Waals surface area contributed by atoms with Crippen LogP contribution in [0.2, 0.25) is 0 Å². The lowest BCUT2D eigenvalue weighted by atomic mass is 9.97. The number of nitrogens with zero attached hydrogens (tertiary/aromatic N) is 4. The first-order chi connectivity index (χ1) is 12.6. The lowest BCUT2D eigenvalue weighted by Gasteiger charge is -2.35. The average Bonchev–Trinajstić information content (AvgIpc) is 2.60. The molecule has 1 aliphatic heterocycles. The summed E-state index contributed by atoms with van der Waals surface area (Å²) in [5.41, 5.74) is 0.139. The second-order valence-corrected chi connectivity index (χ2v) is 8.42. The Hall–Kier alpha value is -2.31. The predicted octanol–water partition coefficient (Wildman–Crippen LogP) is 2.87. The Bertz CT molecular complexity index is 669. The standard InChI is InChI=1S/C20H32N4O3/c1-20(2,3)27-19(26)23(6)13-15-8-7-11-24(14-15)18(25)16-9-10-21-17(12-16)22(4)5/h9-10,12,15H,7-8,11,13-14H2,1-6H3/t15-/m0/s1. The highest BCUT2D eigenvalue weighted by Gasteiger charge is 2.28. The molecule has 1 aliphatic rings. The number of likely N-dealkylation sites (tertiary alicyclic amines) is 1. The van der Waals surface area contributed by atoms with Crippen LogP contribution in [-0.4, -0.2) is 73.2 Å². The number of hydrogen-bond donors (Lipinski definition) is 0. The van der Waals surface area contributed by atoms with Gasteiger partial charge in [-0.15, -0.1) is 0 Å². The molecule has 2 amide bonds. The summed E-state index contributed by atoms with van der Waals surface area (Å²) in [6.07, 6.45) is 3.27.